The molecular formula is C18H19N3O5S. The number of aromatic hydroxyl groups is 1. The third kappa shape index (κ3) is 2.93. The van der Waals surface area contributed by atoms with Crippen molar-refractivity contribution >= 4 is 32.6 Å². The summed E-state index contributed by atoms with van der Waals surface area (Å²) in [5.74, 6) is -0.623. The number of amides is 1. The highest BCUT2D eigenvalue weighted by Crippen LogP contribution is 2.37. The van der Waals surface area contributed by atoms with E-state index in [2.05, 4.69) is 0 Å². The Morgan fingerprint density at radius 3 is 2.56 bits per heavy atom. The Morgan fingerprint density at radius 1 is 1.15 bits per heavy atom. The molecule has 1 amide bonds. The van der Waals surface area contributed by atoms with E-state index in [0.29, 0.717) is 11.8 Å². The van der Waals surface area contributed by atoms with E-state index in [1.165, 1.54) is 6.07 Å². The second kappa shape index (κ2) is 6.05. The molecule has 27 heavy (non-hydrogen) atoms. The molecule has 8 nitrogen and oxygen atoms in total. The van der Waals surface area contributed by atoms with Crippen LogP contribution in [0.25, 0.3) is 10.8 Å². The molecule has 2 aliphatic heterocycles. The molecule has 1 unspecified atom stereocenters. The van der Waals surface area contributed by atoms with E-state index in [1.807, 2.05) is 34.7 Å². The molecule has 2 aliphatic rings. The summed E-state index contributed by atoms with van der Waals surface area (Å²) in [6, 6.07) is 8.53. The first-order valence-corrected chi connectivity index (χ1v) is 9.99. The van der Waals surface area contributed by atoms with Gasteiger partial charge < -0.3 is 15.1 Å². The molecule has 0 bridgehead atoms. The standard InChI is InChI=1S/C18H19N3O5S/c1-11(20-6-2-3-18(20)24)12-4-5-13-9-16(22)15(8-14(13)7-12)21-10-17(23)19-27(21,25)26/h4-5,7-11,19,22-23H,2-3,6H2,1H3. The monoisotopic (exact) mass is 389 g/mol. The average Bonchev–Trinajstić information content (AvgIpc) is 3.15. The number of rotatable bonds is 3. The fourth-order valence-electron chi connectivity index (χ4n) is 3.57. The molecule has 0 radical (unpaired) electrons. The summed E-state index contributed by atoms with van der Waals surface area (Å²) in [4.78, 5) is 13.8. The van der Waals surface area contributed by atoms with Crippen molar-refractivity contribution < 1.29 is 23.4 Å². The Kier molecular flexibility index (Phi) is 3.92. The van der Waals surface area contributed by atoms with Gasteiger partial charge in [0.2, 0.25) is 11.8 Å². The molecule has 9 heteroatoms. The molecule has 0 spiro atoms. The quantitative estimate of drug-likeness (QED) is 0.746. The van der Waals surface area contributed by atoms with Gasteiger partial charge in [-0.1, -0.05) is 12.1 Å². The van der Waals surface area contributed by atoms with Crippen LogP contribution in [0.1, 0.15) is 31.4 Å². The minimum atomic E-state index is -4.00. The van der Waals surface area contributed by atoms with E-state index in [9.17, 15) is 23.4 Å². The topological polar surface area (TPSA) is 110 Å². The van der Waals surface area contributed by atoms with E-state index in [0.717, 1.165) is 34.4 Å². The first kappa shape index (κ1) is 17.5. The summed E-state index contributed by atoms with van der Waals surface area (Å²) < 4.78 is 26.9. The Balaban J connectivity index is 1.77. The van der Waals surface area contributed by atoms with Gasteiger partial charge in [0.1, 0.15) is 11.4 Å². The molecule has 1 atom stereocenters. The van der Waals surface area contributed by atoms with E-state index >= 15 is 0 Å². The van der Waals surface area contributed by atoms with Gasteiger partial charge in [0.25, 0.3) is 0 Å². The van der Waals surface area contributed by atoms with Crippen molar-refractivity contribution in [3.05, 3.63) is 48.0 Å². The highest BCUT2D eigenvalue weighted by atomic mass is 32.2. The zero-order valence-electron chi connectivity index (χ0n) is 14.6. The molecule has 2 aromatic carbocycles. The number of hydrogen-bond acceptors (Lipinski definition) is 5. The summed E-state index contributed by atoms with van der Waals surface area (Å²) in [6.45, 7) is 2.68. The van der Waals surface area contributed by atoms with Crippen molar-refractivity contribution in [1.82, 2.24) is 9.62 Å². The molecule has 142 valence electrons. The molecule has 3 N–H and O–H groups in total. The summed E-state index contributed by atoms with van der Waals surface area (Å²) in [7, 11) is -4.00. The second-order valence-corrected chi connectivity index (χ2v) is 8.28. The predicted molar refractivity (Wildman–Crippen MR) is 100 cm³/mol. The van der Waals surface area contributed by atoms with Crippen molar-refractivity contribution in [2.45, 2.75) is 25.8 Å². The Labute approximate surface area is 156 Å². The van der Waals surface area contributed by atoms with Crippen LogP contribution in [0.15, 0.2) is 42.4 Å². The molecule has 0 saturated carbocycles. The van der Waals surface area contributed by atoms with Crippen molar-refractivity contribution in [2.75, 3.05) is 10.8 Å². The third-order valence-corrected chi connectivity index (χ3v) is 6.27. The van der Waals surface area contributed by atoms with Crippen LogP contribution < -0.4 is 9.03 Å². The summed E-state index contributed by atoms with van der Waals surface area (Å²) in [6.07, 6.45) is 2.40. The van der Waals surface area contributed by atoms with Gasteiger partial charge in [0.05, 0.1) is 12.2 Å². The van der Waals surface area contributed by atoms with Crippen molar-refractivity contribution in [1.29, 1.82) is 0 Å². The fraction of sp³-hybridized carbons (Fsp3) is 0.278. The van der Waals surface area contributed by atoms with E-state index in [1.54, 1.807) is 6.07 Å². The van der Waals surface area contributed by atoms with Crippen LogP contribution >= 0.6 is 0 Å². The maximum Gasteiger partial charge on any atom is 0.330 e. The van der Waals surface area contributed by atoms with Crippen LogP contribution in [0.2, 0.25) is 0 Å². The van der Waals surface area contributed by atoms with Crippen molar-refractivity contribution in [3.63, 3.8) is 0 Å². The lowest BCUT2D eigenvalue weighted by Gasteiger charge is -2.25. The lowest BCUT2D eigenvalue weighted by Crippen LogP contribution is -2.29. The number of fused-ring (bicyclic) bond motifs is 1. The molecule has 1 fully saturated rings. The van der Waals surface area contributed by atoms with Gasteiger partial charge in [-0.15, -0.1) is 0 Å². The van der Waals surface area contributed by atoms with Gasteiger partial charge in [0, 0.05) is 13.0 Å². The van der Waals surface area contributed by atoms with Gasteiger partial charge in [0.15, 0.2) is 0 Å². The highest BCUT2D eigenvalue weighted by Gasteiger charge is 2.31. The molecule has 1 saturated heterocycles. The molecule has 0 aromatic heterocycles. The fourth-order valence-corrected chi connectivity index (χ4v) is 4.63. The lowest BCUT2D eigenvalue weighted by atomic mass is 10.0. The van der Waals surface area contributed by atoms with Gasteiger partial charge in [-0.2, -0.15) is 8.42 Å². The number of hydrogen-bond donors (Lipinski definition) is 3. The van der Waals surface area contributed by atoms with Crippen LogP contribution in [0, 0.1) is 0 Å². The number of aliphatic hydroxyl groups excluding tert-OH is 1. The number of anilines is 1. The van der Waals surface area contributed by atoms with E-state index in [4.69, 9.17) is 0 Å². The number of phenols is 1. The maximum absolute atomic E-state index is 12.1. The largest absolute Gasteiger partial charge is 0.506 e. The number of benzene rings is 2. The number of aliphatic hydroxyl groups is 1. The summed E-state index contributed by atoms with van der Waals surface area (Å²) in [5.41, 5.74) is 0.955. The number of likely N-dealkylation sites (tertiary alicyclic amines) is 1. The van der Waals surface area contributed by atoms with Gasteiger partial charge >= 0.3 is 10.2 Å². The first-order chi connectivity index (χ1) is 12.8. The van der Waals surface area contributed by atoms with E-state index < -0.39 is 16.1 Å². The van der Waals surface area contributed by atoms with Crippen LogP contribution in [0.3, 0.4) is 0 Å². The summed E-state index contributed by atoms with van der Waals surface area (Å²) >= 11 is 0. The highest BCUT2D eigenvalue weighted by molar-refractivity contribution is 7.91. The van der Waals surface area contributed by atoms with Crippen LogP contribution in [-0.2, 0) is 15.0 Å². The van der Waals surface area contributed by atoms with E-state index in [-0.39, 0.29) is 23.4 Å². The minimum absolute atomic E-state index is 0.0288. The number of phenolic OH excluding ortho intramolecular Hbond substituents is 1. The zero-order valence-corrected chi connectivity index (χ0v) is 15.4. The normalized spacial score (nSPS) is 20.0. The van der Waals surface area contributed by atoms with Crippen LogP contribution in [0.4, 0.5) is 5.69 Å². The first-order valence-electron chi connectivity index (χ1n) is 8.55. The van der Waals surface area contributed by atoms with Crippen LogP contribution in [-0.4, -0.2) is 36.0 Å². The zero-order chi connectivity index (χ0) is 19.3. The molecule has 0 aliphatic carbocycles. The SMILES string of the molecule is CC(c1ccc2cc(O)c(N3C=C(O)NS3(=O)=O)cc2c1)N1CCCC1=O. The Bertz CT molecular complexity index is 1080. The molecule has 2 heterocycles. The minimum Gasteiger partial charge on any atom is -0.506 e. The Hall–Kier alpha value is -2.94. The smallest absolute Gasteiger partial charge is 0.330 e. The Morgan fingerprint density at radius 2 is 1.93 bits per heavy atom. The predicted octanol–water partition coefficient (Wildman–Crippen LogP) is 2.24. The molecular weight excluding hydrogens is 370 g/mol. The number of nitrogens with one attached hydrogen (secondary N) is 1. The third-order valence-electron chi connectivity index (χ3n) is 4.99. The average molecular weight is 389 g/mol. The van der Waals surface area contributed by atoms with Crippen molar-refractivity contribution in [2.24, 2.45) is 0 Å². The summed E-state index contributed by atoms with van der Waals surface area (Å²) in [5, 5.41) is 21.2. The van der Waals surface area contributed by atoms with Crippen molar-refractivity contribution in [3.8, 4) is 5.75 Å². The van der Waals surface area contributed by atoms with Gasteiger partial charge in [-0.25, -0.2) is 9.03 Å². The number of carbonyl (C=O) groups is 1. The van der Waals surface area contributed by atoms with Gasteiger partial charge in [-0.05, 0) is 47.9 Å². The number of carbonyl (C=O) groups excluding carboxylic acids is 1. The number of nitrogens with zero attached hydrogens (tertiary/aromatic N) is 2. The van der Waals surface area contributed by atoms with Gasteiger partial charge in [-0.3, -0.25) is 4.79 Å². The lowest BCUT2D eigenvalue weighted by molar-refractivity contribution is -0.129. The van der Waals surface area contributed by atoms with Crippen LogP contribution in [0.5, 0.6) is 5.75 Å². The second-order valence-electron chi connectivity index (χ2n) is 6.73. The molecule has 4 rings (SSSR count). The maximum atomic E-state index is 12.1. The molecule has 2 aromatic rings.